The molecule has 0 amide bonds. The predicted octanol–water partition coefficient (Wildman–Crippen LogP) is 3.37. The quantitative estimate of drug-likeness (QED) is 0.744. The number of anilines is 1. The second-order valence-electron chi connectivity index (χ2n) is 4.81. The van der Waals surface area contributed by atoms with Gasteiger partial charge in [0.25, 0.3) is 0 Å². The van der Waals surface area contributed by atoms with Gasteiger partial charge in [0.1, 0.15) is 5.82 Å². The Morgan fingerprint density at radius 3 is 2.80 bits per heavy atom. The second kappa shape index (κ2) is 3.84. The van der Waals surface area contributed by atoms with E-state index in [1.54, 1.807) is 6.07 Å². The van der Waals surface area contributed by atoms with Crippen LogP contribution in [0.15, 0.2) is 12.1 Å². The fraction of sp³-hybridized carbons (Fsp3) is 0.538. The van der Waals surface area contributed by atoms with Gasteiger partial charge in [0, 0.05) is 6.54 Å². The summed E-state index contributed by atoms with van der Waals surface area (Å²) in [7, 11) is 0. The minimum absolute atomic E-state index is 0.113. The molecule has 0 saturated carbocycles. The van der Waals surface area contributed by atoms with Crippen LogP contribution in [0, 0.1) is 24.6 Å². The van der Waals surface area contributed by atoms with Gasteiger partial charge in [-0.15, -0.1) is 0 Å². The average molecular weight is 207 g/mol. The Morgan fingerprint density at radius 2 is 2.13 bits per heavy atom. The molecule has 0 aromatic heterocycles. The minimum Gasteiger partial charge on any atom is -0.382 e. The normalized spacial score (nSPS) is 19.9. The molecule has 1 atom stereocenters. The lowest BCUT2D eigenvalue weighted by Crippen LogP contribution is -2.28. The van der Waals surface area contributed by atoms with E-state index in [1.165, 1.54) is 11.1 Å². The highest BCUT2D eigenvalue weighted by molar-refractivity contribution is 5.57. The molecule has 82 valence electrons. The molecule has 0 fully saturated rings. The molecule has 1 aromatic carbocycles. The number of rotatable bonds is 1. The molecule has 1 heterocycles. The molecule has 1 aliphatic rings. The highest BCUT2D eigenvalue weighted by Gasteiger charge is 2.23. The molecule has 0 radical (unpaired) electrons. The van der Waals surface area contributed by atoms with Gasteiger partial charge >= 0.3 is 0 Å². The van der Waals surface area contributed by atoms with Gasteiger partial charge in [-0.2, -0.15) is 0 Å². The van der Waals surface area contributed by atoms with E-state index in [0.717, 1.165) is 18.7 Å². The summed E-state index contributed by atoms with van der Waals surface area (Å²) in [6.07, 6.45) is 1.00. The van der Waals surface area contributed by atoms with Crippen LogP contribution in [-0.4, -0.2) is 6.54 Å². The second-order valence-corrected chi connectivity index (χ2v) is 4.81. The molecule has 1 unspecified atom stereocenters. The SMILES string of the molecule is Cc1ccc(F)c2c1CC(C(C)C)CN2. The van der Waals surface area contributed by atoms with E-state index in [9.17, 15) is 4.39 Å². The number of halogens is 1. The summed E-state index contributed by atoms with van der Waals surface area (Å²) >= 11 is 0. The van der Waals surface area contributed by atoms with Gasteiger partial charge in [0.2, 0.25) is 0 Å². The molecule has 15 heavy (non-hydrogen) atoms. The van der Waals surface area contributed by atoms with Gasteiger partial charge < -0.3 is 5.32 Å². The number of nitrogens with one attached hydrogen (secondary N) is 1. The lowest BCUT2D eigenvalue weighted by molar-refractivity contribution is 0.391. The zero-order valence-corrected chi connectivity index (χ0v) is 9.60. The smallest absolute Gasteiger partial charge is 0.146 e. The van der Waals surface area contributed by atoms with E-state index in [-0.39, 0.29) is 5.82 Å². The third kappa shape index (κ3) is 1.85. The lowest BCUT2D eigenvalue weighted by Gasteiger charge is -2.30. The van der Waals surface area contributed by atoms with E-state index in [0.29, 0.717) is 11.8 Å². The summed E-state index contributed by atoms with van der Waals surface area (Å²) in [6.45, 7) is 7.41. The van der Waals surface area contributed by atoms with Gasteiger partial charge in [-0.05, 0) is 42.4 Å². The van der Waals surface area contributed by atoms with Crippen LogP contribution in [-0.2, 0) is 6.42 Å². The maximum absolute atomic E-state index is 13.5. The molecule has 0 saturated heterocycles. The average Bonchev–Trinajstić information content (AvgIpc) is 2.23. The van der Waals surface area contributed by atoms with Crippen molar-refractivity contribution in [3.63, 3.8) is 0 Å². The van der Waals surface area contributed by atoms with Crippen molar-refractivity contribution in [3.8, 4) is 0 Å². The number of hydrogen-bond acceptors (Lipinski definition) is 1. The van der Waals surface area contributed by atoms with Crippen LogP contribution in [0.2, 0.25) is 0 Å². The largest absolute Gasteiger partial charge is 0.382 e. The number of aryl methyl sites for hydroxylation is 1. The van der Waals surface area contributed by atoms with Crippen molar-refractivity contribution in [2.75, 3.05) is 11.9 Å². The van der Waals surface area contributed by atoms with Crippen molar-refractivity contribution in [1.29, 1.82) is 0 Å². The monoisotopic (exact) mass is 207 g/mol. The minimum atomic E-state index is -0.113. The molecular weight excluding hydrogens is 189 g/mol. The molecule has 1 N–H and O–H groups in total. The summed E-state index contributed by atoms with van der Waals surface area (Å²) in [5.41, 5.74) is 3.09. The van der Waals surface area contributed by atoms with E-state index in [4.69, 9.17) is 0 Å². The molecule has 2 heteroatoms. The van der Waals surface area contributed by atoms with Gasteiger partial charge in [0.05, 0.1) is 5.69 Å². The Balaban J connectivity index is 2.36. The Kier molecular flexibility index (Phi) is 2.68. The van der Waals surface area contributed by atoms with E-state index in [1.807, 2.05) is 6.07 Å². The van der Waals surface area contributed by atoms with Crippen LogP contribution in [0.3, 0.4) is 0 Å². The molecule has 0 bridgehead atoms. The van der Waals surface area contributed by atoms with Crippen molar-refractivity contribution >= 4 is 5.69 Å². The maximum Gasteiger partial charge on any atom is 0.146 e. The fourth-order valence-corrected chi connectivity index (χ4v) is 2.22. The molecule has 1 aliphatic heterocycles. The molecule has 1 nitrogen and oxygen atoms in total. The van der Waals surface area contributed by atoms with Crippen LogP contribution in [0.4, 0.5) is 10.1 Å². The summed E-state index contributed by atoms with van der Waals surface area (Å²) in [4.78, 5) is 0. The zero-order chi connectivity index (χ0) is 11.0. The van der Waals surface area contributed by atoms with Crippen molar-refractivity contribution in [1.82, 2.24) is 0 Å². The molecule has 0 aliphatic carbocycles. The first-order valence-corrected chi connectivity index (χ1v) is 5.61. The molecule has 1 aromatic rings. The number of benzene rings is 1. The summed E-state index contributed by atoms with van der Waals surface area (Å²) < 4.78 is 13.5. The topological polar surface area (TPSA) is 12.0 Å². The molecular formula is C13H18FN. The fourth-order valence-electron chi connectivity index (χ4n) is 2.22. The highest BCUT2D eigenvalue weighted by atomic mass is 19.1. The third-order valence-electron chi connectivity index (χ3n) is 3.45. The van der Waals surface area contributed by atoms with Crippen molar-refractivity contribution in [2.45, 2.75) is 27.2 Å². The number of fused-ring (bicyclic) bond motifs is 1. The van der Waals surface area contributed by atoms with Crippen LogP contribution in [0.25, 0.3) is 0 Å². The molecule has 0 spiro atoms. The van der Waals surface area contributed by atoms with Crippen LogP contribution in [0.1, 0.15) is 25.0 Å². The third-order valence-corrected chi connectivity index (χ3v) is 3.45. The van der Waals surface area contributed by atoms with E-state index < -0.39 is 0 Å². The lowest BCUT2D eigenvalue weighted by atomic mass is 9.84. The Bertz CT molecular complexity index is 371. The Hall–Kier alpha value is -1.05. The standard InChI is InChI=1S/C13H18FN/c1-8(2)10-6-11-9(3)4-5-12(14)13(11)15-7-10/h4-5,8,10,15H,6-7H2,1-3H3. The van der Waals surface area contributed by atoms with Crippen molar-refractivity contribution < 1.29 is 4.39 Å². The first-order valence-electron chi connectivity index (χ1n) is 5.61. The first kappa shape index (κ1) is 10.5. The Morgan fingerprint density at radius 1 is 1.40 bits per heavy atom. The van der Waals surface area contributed by atoms with Gasteiger partial charge in [-0.3, -0.25) is 0 Å². The van der Waals surface area contributed by atoms with E-state index >= 15 is 0 Å². The van der Waals surface area contributed by atoms with Crippen LogP contribution < -0.4 is 5.32 Å². The summed E-state index contributed by atoms with van der Waals surface area (Å²) in [5.74, 6) is 1.16. The number of hydrogen-bond donors (Lipinski definition) is 1. The van der Waals surface area contributed by atoms with E-state index in [2.05, 4.69) is 26.1 Å². The summed E-state index contributed by atoms with van der Waals surface area (Å²) in [6, 6.07) is 3.43. The maximum atomic E-state index is 13.5. The van der Waals surface area contributed by atoms with Gasteiger partial charge in [-0.25, -0.2) is 4.39 Å². The van der Waals surface area contributed by atoms with Crippen molar-refractivity contribution in [2.24, 2.45) is 11.8 Å². The van der Waals surface area contributed by atoms with Crippen LogP contribution in [0.5, 0.6) is 0 Å². The first-order chi connectivity index (χ1) is 7.09. The Labute approximate surface area is 90.7 Å². The van der Waals surface area contributed by atoms with Crippen molar-refractivity contribution in [3.05, 3.63) is 29.1 Å². The van der Waals surface area contributed by atoms with Gasteiger partial charge in [0.15, 0.2) is 0 Å². The predicted molar refractivity (Wildman–Crippen MR) is 61.7 cm³/mol. The molecule has 2 rings (SSSR count). The summed E-state index contributed by atoms with van der Waals surface area (Å²) in [5, 5.41) is 3.23. The highest BCUT2D eigenvalue weighted by Crippen LogP contribution is 2.32. The van der Waals surface area contributed by atoms with Gasteiger partial charge in [-0.1, -0.05) is 19.9 Å². The van der Waals surface area contributed by atoms with Crippen LogP contribution >= 0.6 is 0 Å². The zero-order valence-electron chi connectivity index (χ0n) is 9.60.